The van der Waals surface area contributed by atoms with Crippen LogP contribution in [0.25, 0.3) is 0 Å². The molecule has 0 aromatic heterocycles. The lowest BCUT2D eigenvalue weighted by Gasteiger charge is -2.53. The van der Waals surface area contributed by atoms with Gasteiger partial charge >= 0.3 is 18.1 Å². The molecule has 0 atom stereocenters. The maximum Gasteiger partial charge on any atom is 0.320 e. The predicted molar refractivity (Wildman–Crippen MR) is 360 cm³/mol. The topological polar surface area (TPSA) is 116 Å². The summed E-state index contributed by atoms with van der Waals surface area (Å²) in [6.45, 7) is 9.74. The number of carbonyl (C=O) groups excluding carboxylic acids is 3. The molecule has 8 aliphatic rings. The molecule has 5 aliphatic carbocycles. The lowest BCUT2D eigenvalue weighted by atomic mass is 9.66. The molecule has 2 N–H and O–H groups in total. The molecule has 0 radical (unpaired) electrons. The highest BCUT2D eigenvalue weighted by molar-refractivity contribution is 5.79. The van der Waals surface area contributed by atoms with E-state index in [1.54, 1.807) is 38.5 Å². The van der Waals surface area contributed by atoms with Gasteiger partial charge in [0.15, 0.2) is 0 Å². The van der Waals surface area contributed by atoms with Gasteiger partial charge in [-0.05, 0) is 244 Å². The second-order valence-corrected chi connectivity index (χ2v) is 30.3. The summed E-state index contributed by atoms with van der Waals surface area (Å²) in [4.78, 5) is 54.3. The Kier molecular flexibility index (Phi) is 19.5. The Bertz CT molecular complexity index is 3420. The van der Waals surface area contributed by atoms with E-state index in [0.717, 1.165) is 143 Å². The van der Waals surface area contributed by atoms with Crippen molar-refractivity contribution in [3.63, 3.8) is 0 Å². The first-order valence-electron chi connectivity index (χ1n) is 34.1. The lowest BCUT2D eigenvalue weighted by molar-refractivity contribution is -0.000448. The Balaban J connectivity index is 0.000000144. The van der Waals surface area contributed by atoms with E-state index in [4.69, 9.17) is 9.47 Å². The number of nitrogens with one attached hydrogen (secondary N) is 2. The fourth-order valence-electron chi connectivity index (χ4n) is 17.5. The molecule has 3 spiro atoms. The van der Waals surface area contributed by atoms with Gasteiger partial charge in [-0.2, -0.15) is 0 Å². The van der Waals surface area contributed by atoms with E-state index >= 15 is 0 Å². The number of carbonyl (C=O) groups is 3. The van der Waals surface area contributed by atoms with Crippen molar-refractivity contribution < 1.29 is 37.0 Å². The Morgan fingerprint density at radius 1 is 0.452 bits per heavy atom. The molecule has 93 heavy (non-hydrogen) atoms. The largest absolute Gasteiger partial charge is 0.497 e. The van der Waals surface area contributed by atoms with Crippen molar-refractivity contribution in [1.82, 2.24) is 44.9 Å². The van der Waals surface area contributed by atoms with E-state index in [1.807, 2.05) is 65.6 Å². The molecule has 5 saturated carbocycles. The van der Waals surface area contributed by atoms with Crippen molar-refractivity contribution in [2.75, 3.05) is 89.2 Å². The number of methoxy groups -OCH3 is 2. The van der Waals surface area contributed by atoms with Crippen molar-refractivity contribution >= 4 is 18.1 Å². The third-order valence-electron chi connectivity index (χ3n) is 24.1. The molecule has 502 valence electrons. The number of halogens is 3. The Hall–Kier alpha value is -6.82. The first kappa shape index (κ1) is 67.6. The average molecular weight is 1280 g/mol. The van der Waals surface area contributed by atoms with Gasteiger partial charge in [0, 0.05) is 62.4 Å². The second-order valence-electron chi connectivity index (χ2n) is 30.3. The van der Waals surface area contributed by atoms with E-state index in [-0.39, 0.29) is 79.6 Å². The van der Waals surface area contributed by atoms with Gasteiger partial charge in [0.1, 0.15) is 29.0 Å². The Morgan fingerprint density at radius 3 is 1.22 bits per heavy atom. The van der Waals surface area contributed by atoms with Crippen molar-refractivity contribution in [1.29, 1.82) is 0 Å². The molecular formula is C76H102F3N9O5. The molecule has 14 nitrogen and oxygen atoms in total. The standard InChI is InChI=1S/C30H40FN3O2.C24H30FN3O2.C22H32FN3O/c1-28(13-6-14-28)21-34-27(35)33(20-23-9-11-26(36-4)12-10-23)22-29(34)15-17-30(18-16-29,32(2)3)24-7-5-8-25(31)19-24;1-27(2)24(19-5-4-6-20(25)15-19)13-11-23(12-14-24)17-28(22(29)26-23)16-18-7-9-21(30-3)10-8-18;1-20(8-5-9-20)16-26-19(27)24-15-21(26)10-12-22(13-11-21,25(2)3)17-6-4-7-18(23)14-17/h5,7-12,19H,6,13-18,20-22H2,1-4H3;4-10,15H,11-14,16-17H2,1-3H3,(H,26,29);4,6-7,14H,5,8-13,15-16H2,1-3H3,(H,24,27). The number of rotatable bonds is 16. The summed E-state index contributed by atoms with van der Waals surface area (Å²) < 4.78 is 52.6. The van der Waals surface area contributed by atoms with Crippen LogP contribution in [0.5, 0.6) is 11.5 Å². The van der Waals surface area contributed by atoms with Gasteiger partial charge in [-0.25, -0.2) is 27.6 Å². The van der Waals surface area contributed by atoms with Crippen LogP contribution in [0.2, 0.25) is 0 Å². The van der Waals surface area contributed by atoms with E-state index in [0.29, 0.717) is 19.6 Å². The molecule has 0 unspecified atom stereocenters. The molecule has 3 saturated heterocycles. The first-order valence-corrected chi connectivity index (χ1v) is 34.1. The van der Waals surface area contributed by atoms with Gasteiger partial charge in [-0.3, -0.25) is 14.7 Å². The lowest BCUT2D eigenvalue weighted by Crippen LogP contribution is -2.57. The van der Waals surface area contributed by atoms with Crippen LogP contribution in [-0.4, -0.2) is 158 Å². The smallest absolute Gasteiger partial charge is 0.320 e. The number of nitrogens with zero attached hydrogens (tertiary/aromatic N) is 7. The molecule has 5 aromatic rings. The van der Waals surface area contributed by atoms with Crippen LogP contribution in [-0.2, 0) is 29.7 Å². The van der Waals surface area contributed by atoms with Crippen molar-refractivity contribution in [3.05, 3.63) is 167 Å². The van der Waals surface area contributed by atoms with Crippen LogP contribution in [0, 0.1) is 28.3 Å². The summed E-state index contributed by atoms with van der Waals surface area (Å²) in [5, 5.41) is 6.39. The fourth-order valence-corrected chi connectivity index (χ4v) is 17.5. The molecule has 13 rings (SSSR count). The number of amides is 6. The fraction of sp³-hybridized carbons (Fsp3) is 0.566. The maximum absolute atomic E-state index is 14.2. The summed E-state index contributed by atoms with van der Waals surface area (Å²) >= 11 is 0. The molecule has 6 amide bonds. The monoisotopic (exact) mass is 1280 g/mol. The Labute approximate surface area is 551 Å². The van der Waals surface area contributed by atoms with E-state index in [9.17, 15) is 27.6 Å². The number of benzene rings is 5. The SMILES string of the molecule is CN(C)C1(c2cccc(F)c2)CCC2(CC1)CNC(=O)N2CC1(C)CCC1.COc1ccc(CN2CC3(CCC(c4cccc(F)c4)(N(C)C)CC3)N(CC3(C)CCC3)C2=O)cc1.COc1ccc(CN2CC3(CCC(c4cccc(F)c4)(N(C)C)CC3)NC2=O)cc1. The average Bonchev–Trinajstić information content (AvgIpc) is 1.69. The highest BCUT2D eigenvalue weighted by atomic mass is 19.1. The highest BCUT2D eigenvalue weighted by Crippen LogP contribution is 2.54. The summed E-state index contributed by atoms with van der Waals surface area (Å²) in [6, 6.07) is 37.2. The van der Waals surface area contributed by atoms with Crippen LogP contribution in [0.3, 0.4) is 0 Å². The van der Waals surface area contributed by atoms with Crippen LogP contribution >= 0.6 is 0 Å². The van der Waals surface area contributed by atoms with Crippen LogP contribution in [0.15, 0.2) is 121 Å². The quantitative estimate of drug-likeness (QED) is 0.100. The molecule has 3 heterocycles. The first-order chi connectivity index (χ1) is 44.3. The minimum Gasteiger partial charge on any atom is -0.497 e. The number of hydrogen-bond acceptors (Lipinski definition) is 8. The van der Waals surface area contributed by atoms with Gasteiger partial charge < -0.3 is 39.7 Å². The maximum atomic E-state index is 14.2. The zero-order valence-electron chi connectivity index (χ0n) is 57.0. The van der Waals surface area contributed by atoms with Gasteiger partial charge in [0.25, 0.3) is 0 Å². The highest BCUT2D eigenvalue weighted by Gasteiger charge is 2.58. The number of urea groups is 3. The van der Waals surface area contributed by atoms with Crippen molar-refractivity contribution in [2.45, 2.75) is 176 Å². The van der Waals surface area contributed by atoms with Crippen LogP contribution < -0.4 is 20.1 Å². The summed E-state index contributed by atoms with van der Waals surface area (Å²) in [7, 11) is 15.8. The van der Waals surface area contributed by atoms with Gasteiger partial charge in [0.05, 0.1) is 30.8 Å². The zero-order valence-corrected chi connectivity index (χ0v) is 57.0. The third kappa shape index (κ3) is 13.6. The van der Waals surface area contributed by atoms with E-state index < -0.39 is 0 Å². The number of ether oxygens (including phenoxy) is 2. The van der Waals surface area contributed by atoms with Crippen LogP contribution in [0.1, 0.15) is 157 Å². The zero-order chi connectivity index (χ0) is 66.2. The molecule has 8 fully saturated rings. The summed E-state index contributed by atoms with van der Waals surface area (Å²) in [6.07, 6.45) is 18.3. The predicted octanol–water partition coefficient (Wildman–Crippen LogP) is 14.3. The van der Waals surface area contributed by atoms with E-state index in [2.05, 4.69) is 114 Å². The second kappa shape index (κ2) is 26.8. The summed E-state index contributed by atoms with van der Waals surface area (Å²) in [5.74, 6) is 1.08. The molecular weight excluding hydrogens is 1180 g/mol. The molecule has 17 heteroatoms. The van der Waals surface area contributed by atoms with Gasteiger partial charge in [0.2, 0.25) is 0 Å². The number of hydrogen-bond donors (Lipinski definition) is 2. The van der Waals surface area contributed by atoms with Crippen molar-refractivity contribution in [3.8, 4) is 11.5 Å². The van der Waals surface area contributed by atoms with Gasteiger partial charge in [-0.1, -0.05) is 87.4 Å². The van der Waals surface area contributed by atoms with Crippen molar-refractivity contribution in [2.24, 2.45) is 10.8 Å². The molecule has 0 bridgehead atoms. The normalized spacial score (nSPS) is 28.6. The minimum absolute atomic E-state index is 0.00562. The Morgan fingerprint density at radius 2 is 0.839 bits per heavy atom. The van der Waals surface area contributed by atoms with Crippen LogP contribution in [0.4, 0.5) is 27.6 Å². The minimum atomic E-state index is -0.216. The summed E-state index contributed by atoms with van der Waals surface area (Å²) in [5.41, 5.74) is 4.77. The third-order valence-corrected chi connectivity index (χ3v) is 24.1. The molecule has 3 aliphatic heterocycles. The van der Waals surface area contributed by atoms with E-state index in [1.165, 1.54) is 56.7 Å². The molecule has 5 aromatic carbocycles. The van der Waals surface area contributed by atoms with Gasteiger partial charge in [-0.15, -0.1) is 0 Å².